The molecule has 14 nitrogen and oxygen atoms in total. The molecule has 0 spiro atoms. The van der Waals surface area contributed by atoms with Crippen LogP contribution in [-0.2, 0) is 57.2 Å². The lowest BCUT2D eigenvalue weighted by Crippen LogP contribution is -2.68. The van der Waals surface area contributed by atoms with Crippen molar-refractivity contribution >= 4 is 53.1 Å². The summed E-state index contributed by atoms with van der Waals surface area (Å²) in [6.07, 6.45) is -6.47. The fourth-order valence-electron chi connectivity index (χ4n) is 3.60. The Morgan fingerprint density at radius 1 is 1.03 bits per heavy atom. The van der Waals surface area contributed by atoms with Crippen LogP contribution in [0.2, 0.25) is 0 Å². The van der Waals surface area contributed by atoms with Gasteiger partial charge in [0, 0.05) is 41.0 Å². The van der Waals surface area contributed by atoms with Crippen LogP contribution in [0.4, 0.5) is 0 Å². The molecule has 1 aliphatic rings. The maximum atomic E-state index is 12.8. The molecule has 1 saturated heterocycles. The number of hydrogen-bond acceptors (Lipinski definition) is 14. The smallest absolute Gasteiger partial charge is 0.362 e. The topological polar surface area (TPSA) is 182 Å². The second kappa shape index (κ2) is 13.6. The van der Waals surface area contributed by atoms with Crippen LogP contribution in [0.15, 0.2) is 4.99 Å². The van der Waals surface area contributed by atoms with Gasteiger partial charge in [-0.3, -0.25) is 24.0 Å². The minimum atomic E-state index is -2.25. The van der Waals surface area contributed by atoms with Gasteiger partial charge in [0.05, 0.1) is 18.3 Å². The van der Waals surface area contributed by atoms with Crippen molar-refractivity contribution in [1.82, 2.24) is 5.32 Å². The van der Waals surface area contributed by atoms with Crippen LogP contribution < -0.4 is 5.32 Å². The maximum absolute atomic E-state index is 12.8. The second-order valence-corrected chi connectivity index (χ2v) is 7.85. The van der Waals surface area contributed by atoms with Crippen molar-refractivity contribution < 1.29 is 57.2 Å². The van der Waals surface area contributed by atoms with Crippen LogP contribution >= 0.6 is 12.2 Å². The molecule has 0 unspecified atom stereocenters. The molecule has 0 bridgehead atoms. The molecule has 1 N–H and O–H groups in total. The molecule has 0 aromatic carbocycles. The maximum Gasteiger partial charge on any atom is 0.362 e. The molecule has 1 rings (SSSR count). The van der Waals surface area contributed by atoms with Gasteiger partial charge in [-0.1, -0.05) is 0 Å². The highest BCUT2D eigenvalue weighted by molar-refractivity contribution is 7.78. The molecule has 0 aliphatic carbocycles. The number of ether oxygens (including phenoxy) is 6. The van der Waals surface area contributed by atoms with Crippen molar-refractivity contribution in [3.63, 3.8) is 0 Å². The molecule has 1 aliphatic heterocycles. The molecule has 36 heavy (non-hydrogen) atoms. The van der Waals surface area contributed by atoms with Crippen molar-refractivity contribution in [2.75, 3.05) is 13.7 Å². The van der Waals surface area contributed by atoms with Crippen LogP contribution in [0.3, 0.4) is 0 Å². The molecule has 1 fully saturated rings. The third kappa shape index (κ3) is 8.66. The Kier molecular flexibility index (Phi) is 11.6. The summed E-state index contributed by atoms with van der Waals surface area (Å²) in [5.41, 5.74) is -2.25. The number of aliphatic imine (C=N–C) groups is 1. The molecular formula is C21H28N2O12S. The van der Waals surface area contributed by atoms with E-state index in [1.165, 1.54) is 0 Å². The van der Waals surface area contributed by atoms with Crippen LogP contribution in [0.1, 0.15) is 41.0 Å². The number of rotatable bonds is 10. The first-order valence-electron chi connectivity index (χ1n) is 10.5. The third-order valence-electron chi connectivity index (χ3n) is 4.74. The number of esters is 5. The summed E-state index contributed by atoms with van der Waals surface area (Å²) in [5, 5.41) is 4.55. The first kappa shape index (κ1) is 30.6. The summed E-state index contributed by atoms with van der Waals surface area (Å²) in [6.45, 7) is 4.82. The van der Waals surface area contributed by atoms with Crippen LogP contribution in [0, 0.1) is 0 Å². The lowest BCUT2D eigenvalue weighted by Gasteiger charge is -2.47. The van der Waals surface area contributed by atoms with Gasteiger partial charge in [0.1, 0.15) is 18.8 Å². The highest BCUT2D eigenvalue weighted by Gasteiger charge is 2.58. The molecule has 6 atom stereocenters. The Balaban J connectivity index is 3.81. The lowest BCUT2D eigenvalue weighted by atomic mass is 9.87. The van der Waals surface area contributed by atoms with Crippen molar-refractivity contribution in [1.29, 1.82) is 0 Å². The van der Waals surface area contributed by atoms with Gasteiger partial charge in [-0.2, -0.15) is 4.99 Å². The van der Waals surface area contributed by atoms with E-state index in [2.05, 4.69) is 22.5 Å². The highest BCUT2D eigenvalue weighted by atomic mass is 32.1. The van der Waals surface area contributed by atoms with Gasteiger partial charge >= 0.3 is 29.8 Å². The quantitative estimate of drug-likeness (QED) is 0.166. The first-order chi connectivity index (χ1) is 16.8. The summed E-state index contributed by atoms with van der Waals surface area (Å²) < 4.78 is 31.6. The van der Waals surface area contributed by atoms with Crippen LogP contribution in [-0.4, -0.2) is 90.8 Å². The Morgan fingerprint density at radius 3 is 2.08 bits per heavy atom. The molecule has 200 valence electrons. The summed E-state index contributed by atoms with van der Waals surface area (Å²) in [6, 6.07) is -1.27. The largest absolute Gasteiger partial charge is 0.465 e. The number of carbonyl (C=O) groups is 6. The molecular weight excluding hydrogens is 504 g/mol. The van der Waals surface area contributed by atoms with E-state index in [1.807, 2.05) is 5.16 Å². The number of carbonyl (C=O) groups excluding carboxylic acids is 6. The van der Waals surface area contributed by atoms with E-state index < -0.39 is 85.0 Å². The van der Waals surface area contributed by atoms with Gasteiger partial charge in [-0.15, -0.1) is 0 Å². The summed E-state index contributed by atoms with van der Waals surface area (Å²) >= 11 is 4.66. The molecule has 0 aromatic rings. The zero-order valence-corrected chi connectivity index (χ0v) is 21.4. The van der Waals surface area contributed by atoms with E-state index in [0.717, 1.165) is 41.7 Å². The van der Waals surface area contributed by atoms with Gasteiger partial charge in [0.25, 0.3) is 5.72 Å². The van der Waals surface area contributed by atoms with Gasteiger partial charge < -0.3 is 33.7 Å². The van der Waals surface area contributed by atoms with E-state index in [4.69, 9.17) is 28.4 Å². The van der Waals surface area contributed by atoms with Gasteiger partial charge in [-0.05, 0) is 12.2 Å². The molecule has 15 heteroatoms. The third-order valence-corrected chi connectivity index (χ3v) is 4.83. The van der Waals surface area contributed by atoms with Gasteiger partial charge in [0.15, 0.2) is 12.2 Å². The minimum absolute atomic E-state index is 0.473. The van der Waals surface area contributed by atoms with Crippen LogP contribution in [0.25, 0.3) is 0 Å². The minimum Gasteiger partial charge on any atom is -0.465 e. The fourth-order valence-corrected chi connectivity index (χ4v) is 3.75. The number of amides is 1. The Bertz CT molecular complexity index is 934. The van der Waals surface area contributed by atoms with Crippen molar-refractivity contribution in [3.05, 3.63) is 0 Å². The average molecular weight is 533 g/mol. The molecule has 1 amide bonds. The van der Waals surface area contributed by atoms with Gasteiger partial charge in [0.2, 0.25) is 5.91 Å². The average Bonchev–Trinajstić information content (AvgIpc) is 2.75. The van der Waals surface area contributed by atoms with E-state index in [9.17, 15) is 28.8 Å². The monoisotopic (exact) mass is 532 g/mol. The predicted molar refractivity (Wildman–Crippen MR) is 120 cm³/mol. The van der Waals surface area contributed by atoms with Gasteiger partial charge in [-0.25, -0.2) is 4.79 Å². The molecule has 0 aromatic heterocycles. The van der Waals surface area contributed by atoms with Crippen molar-refractivity contribution in [2.45, 2.75) is 77.2 Å². The Morgan fingerprint density at radius 2 is 1.64 bits per heavy atom. The number of isothiocyanates is 1. The van der Waals surface area contributed by atoms with Crippen molar-refractivity contribution in [2.24, 2.45) is 4.99 Å². The number of nitrogens with one attached hydrogen (secondary N) is 1. The summed E-state index contributed by atoms with van der Waals surface area (Å²) in [5.74, 6) is -4.95. The Labute approximate surface area is 211 Å². The SMILES string of the molecule is COC(=O)[C@]1(N=C=S)C[C@H](OC(C)=O)[C@@H](NC(C)=O)[C@H]([C@H](OC(C)=O)[C@@H](COC(C)=O)OC(C)=O)O1. The number of methoxy groups -OCH3 is 1. The molecule has 1 heterocycles. The number of hydrogen-bond donors (Lipinski definition) is 1. The predicted octanol–water partition coefficient (Wildman–Crippen LogP) is -0.390. The standard InChI is InChI=1S/C21H28N2O12S/c1-10(24)23-17-15(32-12(3)26)7-21(22-9-36,20(29)30-6)35-19(17)18(34-14(5)28)16(33-13(4)27)8-31-11(2)25/h15-19H,7-8H2,1-6H3,(H,23,24)/t15-,16+,17+,18+,19+,21-/m0/s1. The molecule has 0 radical (unpaired) electrons. The fraction of sp³-hybridized carbons (Fsp3) is 0.667. The normalized spacial score (nSPS) is 24.6. The lowest BCUT2D eigenvalue weighted by molar-refractivity contribution is -0.240. The van der Waals surface area contributed by atoms with E-state index in [-0.39, 0.29) is 0 Å². The molecule has 0 saturated carbocycles. The van der Waals surface area contributed by atoms with Crippen LogP contribution in [0.5, 0.6) is 0 Å². The second-order valence-electron chi connectivity index (χ2n) is 7.66. The van der Waals surface area contributed by atoms with Crippen molar-refractivity contribution in [3.8, 4) is 0 Å². The summed E-state index contributed by atoms with van der Waals surface area (Å²) in [7, 11) is 1.04. The van der Waals surface area contributed by atoms with E-state index in [1.54, 1.807) is 0 Å². The first-order valence-corrected chi connectivity index (χ1v) is 10.9. The van der Waals surface area contributed by atoms with E-state index >= 15 is 0 Å². The Hall–Kier alpha value is -3.42. The summed E-state index contributed by atoms with van der Waals surface area (Å²) in [4.78, 5) is 75.8. The van der Waals surface area contributed by atoms with E-state index in [0.29, 0.717) is 0 Å². The number of thiocarbonyl (C=S) groups is 1. The zero-order chi connectivity index (χ0) is 27.6. The highest BCUT2D eigenvalue weighted by Crippen LogP contribution is 2.36. The zero-order valence-electron chi connectivity index (χ0n) is 20.6. The number of nitrogens with zero attached hydrogens (tertiary/aromatic N) is 1.